The van der Waals surface area contributed by atoms with Crippen molar-refractivity contribution in [2.75, 3.05) is 19.1 Å². The number of carbonyl (C=O) groups is 2. The van der Waals surface area contributed by atoms with Crippen LogP contribution in [0.15, 0.2) is 24.3 Å². The van der Waals surface area contributed by atoms with Gasteiger partial charge in [-0.3, -0.25) is 19.2 Å². The van der Waals surface area contributed by atoms with Crippen LogP contribution in [0.2, 0.25) is 0 Å². The van der Waals surface area contributed by atoms with Gasteiger partial charge in [0.2, 0.25) is 5.91 Å². The lowest BCUT2D eigenvalue weighted by Gasteiger charge is -2.23. The maximum atomic E-state index is 11.8. The van der Waals surface area contributed by atoms with E-state index in [0.717, 1.165) is 11.3 Å². The smallest absolute Gasteiger partial charge is 0.323 e. The van der Waals surface area contributed by atoms with Crippen molar-refractivity contribution in [3.63, 3.8) is 0 Å². The van der Waals surface area contributed by atoms with Crippen LogP contribution in [-0.4, -0.2) is 41.7 Å². The minimum atomic E-state index is -0.378. The minimum Gasteiger partial charge on any atom is -0.468 e. The van der Waals surface area contributed by atoms with E-state index in [0.29, 0.717) is 17.8 Å². The van der Waals surface area contributed by atoms with Crippen molar-refractivity contribution in [2.45, 2.75) is 60.4 Å². The fraction of sp³-hybridized carbons (Fsp3) is 0.550. The van der Waals surface area contributed by atoms with Crippen molar-refractivity contribution in [3.05, 3.63) is 29.8 Å². The molecule has 0 saturated heterocycles. The number of amides is 1. The topological polar surface area (TPSA) is 49.9 Å². The molecule has 1 amide bonds. The van der Waals surface area contributed by atoms with Crippen molar-refractivity contribution in [1.82, 2.24) is 4.67 Å². The number of hydrogen-bond acceptors (Lipinski definition) is 5. The molecular formula is C20H35N2O3PS. The third-order valence-corrected chi connectivity index (χ3v) is 4.29. The average Bonchev–Trinajstić information content (AvgIpc) is 2.69. The fourth-order valence-electron chi connectivity index (χ4n) is 2.19. The molecule has 1 aromatic rings. The average molecular weight is 415 g/mol. The van der Waals surface area contributed by atoms with Crippen molar-refractivity contribution in [3.8, 4) is 0 Å². The molecule has 1 rings (SSSR count). The molecule has 0 radical (unpaired) electrons. The SMILES string of the molecule is CC.CC.CCC(=S)N(C(C)=O)c1ccc(C[C@@H](C(=O)OC)N(C)P)cc1. The largest absolute Gasteiger partial charge is 0.468 e. The van der Waals surface area contributed by atoms with Gasteiger partial charge in [0.05, 0.1) is 12.1 Å². The van der Waals surface area contributed by atoms with Gasteiger partial charge in [0.1, 0.15) is 6.04 Å². The van der Waals surface area contributed by atoms with E-state index < -0.39 is 0 Å². The molecule has 0 heterocycles. The summed E-state index contributed by atoms with van der Waals surface area (Å²) < 4.78 is 6.57. The quantitative estimate of drug-likeness (QED) is 0.386. The maximum Gasteiger partial charge on any atom is 0.323 e. The summed E-state index contributed by atoms with van der Waals surface area (Å²) in [6, 6.07) is 7.10. The standard InChI is InChI=1S/C16H23N2O3PS.2C2H6/c1-5-15(23)18(11(2)19)13-8-6-12(7-9-13)10-14(17(3)22)16(20)21-4;2*1-2/h6-9,14H,5,10,22H2,1-4H3;2*1-2H3/t14-;;/m0../s1. The van der Waals surface area contributed by atoms with Crippen molar-refractivity contribution in [1.29, 1.82) is 0 Å². The zero-order valence-corrected chi connectivity index (χ0v) is 19.9. The summed E-state index contributed by atoms with van der Waals surface area (Å²) >= 11 is 5.26. The van der Waals surface area contributed by atoms with E-state index in [1.807, 2.05) is 58.9 Å². The summed E-state index contributed by atoms with van der Waals surface area (Å²) in [4.78, 5) is 25.7. The summed E-state index contributed by atoms with van der Waals surface area (Å²) in [6.45, 7) is 11.4. The number of ether oxygens (including phenoxy) is 1. The molecule has 0 aliphatic rings. The highest BCUT2D eigenvalue weighted by Gasteiger charge is 2.22. The van der Waals surface area contributed by atoms with Crippen molar-refractivity contribution in [2.24, 2.45) is 0 Å². The number of methoxy groups -OCH3 is 1. The molecule has 2 atom stereocenters. The van der Waals surface area contributed by atoms with Crippen LogP contribution in [0.1, 0.15) is 53.5 Å². The van der Waals surface area contributed by atoms with Crippen LogP contribution in [-0.2, 0) is 20.7 Å². The molecule has 0 N–H and O–H groups in total. The number of benzene rings is 1. The predicted molar refractivity (Wildman–Crippen MR) is 122 cm³/mol. The van der Waals surface area contributed by atoms with Crippen LogP contribution in [0.25, 0.3) is 0 Å². The number of hydrogen-bond donors (Lipinski definition) is 0. The second-order valence-corrected chi connectivity index (χ2v) is 6.46. The van der Waals surface area contributed by atoms with Crippen LogP contribution in [0.3, 0.4) is 0 Å². The van der Waals surface area contributed by atoms with Gasteiger partial charge in [-0.05, 0) is 37.6 Å². The number of carbonyl (C=O) groups excluding carboxylic acids is 2. The first-order chi connectivity index (χ1) is 12.8. The van der Waals surface area contributed by atoms with Crippen LogP contribution >= 0.6 is 21.6 Å². The first-order valence-electron chi connectivity index (χ1n) is 9.29. The molecule has 0 saturated carbocycles. The van der Waals surface area contributed by atoms with Gasteiger partial charge in [-0.1, -0.05) is 68.4 Å². The third kappa shape index (κ3) is 9.41. The van der Waals surface area contributed by atoms with Gasteiger partial charge in [-0.2, -0.15) is 0 Å². The first kappa shape index (κ1) is 27.9. The second kappa shape index (κ2) is 15.7. The molecule has 154 valence electrons. The molecular weight excluding hydrogens is 379 g/mol. The number of rotatable bonds is 6. The Labute approximate surface area is 172 Å². The third-order valence-electron chi connectivity index (χ3n) is 3.46. The van der Waals surface area contributed by atoms with Gasteiger partial charge in [0, 0.05) is 12.6 Å². The monoisotopic (exact) mass is 414 g/mol. The first-order valence-corrected chi connectivity index (χ1v) is 10.2. The number of thiocarbonyl (C=S) groups is 1. The fourth-order valence-corrected chi connectivity index (χ4v) is 2.65. The summed E-state index contributed by atoms with van der Waals surface area (Å²) in [7, 11) is 5.66. The second-order valence-electron chi connectivity index (χ2n) is 5.18. The Morgan fingerprint density at radius 2 is 1.63 bits per heavy atom. The van der Waals surface area contributed by atoms with Crippen LogP contribution in [0.4, 0.5) is 5.69 Å². The minimum absolute atomic E-state index is 0.110. The number of anilines is 1. The van der Waals surface area contributed by atoms with Gasteiger partial charge in [-0.25, -0.2) is 0 Å². The van der Waals surface area contributed by atoms with Gasteiger partial charge in [0.15, 0.2) is 0 Å². The highest BCUT2D eigenvalue weighted by atomic mass is 32.1. The summed E-state index contributed by atoms with van der Waals surface area (Å²) in [5.74, 6) is -0.397. The Kier molecular flexibility index (Phi) is 16.2. The van der Waals surface area contributed by atoms with E-state index in [-0.39, 0.29) is 17.9 Å². The molecule has 0 fully saturated rings. The van der Waals surface area contributed by atoms with Crippen molar-refractivity contribution < 1.29 is 14.3 Å². The lowest BCUT2D eigenvalue weighted by molar-refractivity contribution is -0.144. The van der Waals surface area contributed by atoms with Crippen LogP contribution < -0.4 is 4.90 Å². The Balaban J connectivity index is 0. The normalized spacial score (nSPS) is 10.6. The molecule has 7 heteroatoms. The molecule has 27 heavy (non-hydrogen) atoms. The summed E-state index contributed by atoms with van der Waals surface area (Å²) in [6.07, 6.45) is 1.14. The van der Waals surface area contributed by atoms with E-state index in [1.54, 1.807) is 11.7 Å². The highest BCUT2D eigenvalue weighted by Crippen LogP contribution is 2.20. The van der Waals surface area contributed by atoms with Gasteiger partial charge in [0.25, 0.3) is 0 Å². The van der Waals surface area contributed by atoms with E-state index in [9.17, 15) is 9.59 Å². The van der Waals surface area contributed by atoms with Gasteiger partial charge < -0.3 is 4.74 Å². The molecule has 0 aromatic heterocycles. The molecule has 1 aromatic carbocycles. The molecule has 0 bridgehead atoms. The molecule has 0 aliphatic heterocycles. The molecule has 1 unspecified atom stereocenters. The van der Waals surface area contributed by atoms with Crippen LogP contribution in [0.5, 0.6) is 0 Å². The lowest BCUT2D eigenvalue weighted by Crippen LogP contribution is -2.35. The number of nitrogens with zero attached hydrogens (tertiary/aromatic N) is 2. The van der Waals surface area contributed by atoms with Crippen molar-refractivity contribution >= 4 is 44.2 Å². The predicted octanol–water partition coefficient (Wildman–Crippen LogP) is 4.64. The maximum absolute atomic E-state index is 11.8. The summed E-state index contributed by atoms with van der Waals surface area (Å²) in [5, 5.41) is 0. The number of likely N-dealkylation sites (N-methyl/N-ethyl adjacent to an activating group) is 1. The Morgan fingerprint density at radius 1 is 1.15 bits per heavy atom. The zero-order chi connectivity index (χ0) is 21.6. The Hall–Kier alpha value is -1.36. The molecule has 0 spiro atoms. The zero-order valence-electron chi connectivity index (χ0n) is 17.9. The number of esters is 1. The highest BCUT2D eigenvalue weighted by molar-refractivity contribution is 7.80. The summed E-state index contributed by atoms with van der Waals surface area (Å²) in [5.41, 5.74) is 1.71. The van der Waals surface area contributed by atoms with Gasteiger partial charge in [-0.15, -0.1) is 0 Å². The van der Waals surface area contributed by atoms with E-state index in [4.69, 9.17) is 17.0 Å². The van der Waals surface area contributed by atoms with Gasteiger partial charge >= 0.3 is 5.97 Å². The van der Waals surface area contributed by atoms with Crippen LogP contribution in [0, 0.1) is 0 Å². The molecule has 0 aliphatic carbocycles. The van der Waals surface area contributed by atoms with E-state index in [2.05, 4.69) is 9.39 Å². The Bertz CT molecular complexity index is 577. The lowest BCUT2D eigenvalue weighted by atomic mass is 10.1. The van der Waals surface area contributed by atoms with E-state index >= 15 is 0 Å². The Morgan fingerprint density at radius 3 is 1.96 bits per heavy atom. The van der Waals surface area contributed by atoms with E-state index in [1.165, 1.54) is 18.9 Å². The molecule has 5 nitrogen and oxygen atoms in total.